The number of aliphatic carboxylic acids is 1. The highest BCUT2D eigenvalue weighted by molar-refractivity contribution is 7.16. The molecule has 0 bridgehead atoms. The first-order chi connectivity index (χ1) is 10.0. The maximum atomic E-state index is 12.3. The minimum atomic E-state index is -0.769. The van der Waals surface area contributed by atoms with Gasteiger partial charge in [-0.1, -0.05) is 18.5 Å². The Kier molecular flexibility index (Phi) is 5.47. The normalized spacial score (nSPS) is 17.5. The van der Waals surface area contributed by atoms with Crippen molar-refractivity contribution in [3.63, 3.8) is 0 Å². The van der Waals surface area contributed by atoms with Gasteiger partial charge in [-0.3, -0.25) is 4.79 Å². The first-order valence-electron chi connectivity index (χ1n) is 7.04. The van der Waals surface area contributed by atoms with Crippen molar-refractivity contribution in [2.24, 2.45) is 5.92 Å². The highest BCUT2D eigenvalue weighted by Crippen LogP contribution is 2.29. The van der Waals surface area contributed by atoms with Crippen LogP contribution in [-0.2, 0) is 4.79 Å². The Labute approximate surface area is 132 Å². The summed E-state index contributed by atoms with van der Waals surface area (Å²) >= 11 is 7.40. The summed E-state index contributed by atoms with van der Waals surface area (Å²) in [6.07, 6.45) is 1.82. The van der Waals surface area contributed by atoms with Gasteiger partial charge in [0.2, 0.25) is 0 Å². The molecule has 21 heavy (non-hydrogen) atoms. The molecular formula is C14H19ClN2O3S. The van der Waals surface area contributed by atoms with Crippen LogP contribution in [0.15, 0.2) is 12.1 Å². The second-order valence-corrected chi connectivity index (χ2v) is 6.90. The smallest absolute Gasteiger partial charge is 0.317 e. The van der Waals surface area contributed by atoms with Crippen LogP contribution < -0.4 is 5.32 Å². The second-order valence-electron chi connectivity index (χ2n) is 5.15. The van der Waals surface area contributed by atoms with Gasteiger partial charge < -0.3 is 15.3 Å². The van der Waals surface area contributed by atoms with Gasteiger partial charge in [0.25, 0.3) is 0 Å². The summed E-state index contributed by atoms with van der Waals surface area (Å²) in [6, 6.07) is 3.58. The van der Waals surface area contributed by atoms with Crippen molar-refractivity contribution < 1.29 is 14.7 Å². The topological polar surface area (TPSA) is 69.6 Å². The van der Waals surface area contributed by atoms with Gasteiger partial charge in [0, 0.05) is 18.0 Å². The first kappa shape index (κ1) is 16.1. The molecule has 0 saturated carbocycles. The molecule has 0 spiro atoms. The Hall–Kier alpha value is -1.27. The maximum Gasteiger partial charge on any atom is 0.317 e. The van der Waals surface area contributed by atoms with Crippen molar-refractivity contribution in [1.29, 1.82) is 0 Å². The minimum Gasteiger partial charge on any atom is -0.481 e. The van der Waals surface area contributed by atoms with Crippen molar-refractivity contribution in [3.05, 3.63) is 21.3 Å². The number of piperidine rings is 1. The minimum absolute atomic E-state index is 0.0489. The van der Waals surface area contributed by atoms with Crippen LogP contribution in [0.2, 0.25) is 4.34 Å². The third-order valence-corrected chi connectivity index (χ3v) is 5.12. The number of nitrogens with zero attached hydrogens (tertiary/aromatic N) is 1. The summed E-state index contributed by atoms with van der Waals surface area (Å²) < 4.78 is 0.708. The van der Waals surface area contributed by atoms with Gasteiger partial charge in [-0.05, 0) is 31.4 Å². The molecule has 1 saturated heterocycles. The van der Waals surface area contributed by atoms with E-state index in [2.05, 4.69) is 5.32 Å². The van der Waals surface area contributed by atoms with E-state index in [0.29, 0.717) is 30.3 Å². The molecule has 7 heteroatoms. The monoisotopic (exact) mass is 330 g/mol. The Balaban J connectivity index is 1.90. The average molecular weight is 331 g/mol. The van der Waals surface area contributed by atoms with Crippen molar-refractivity contribution in [2.45, 2.75) is 32.2 Å². The third kappa shape index (κ3) is 4.11. The molecule has 1 aromatic rings. The van der Waals surface area contributed by atoms with Crippen LogP contribution in [0.25, 0.3) is 0 Å². The lowest BCUT2D eigenvalue weighted by Gasteiger charge is -2.31. The number of hydrogen-bond donors (Lipinski definition) is 2. The molecular weight excluding hydrogens is 312 g/mol. The largest absolute Gasteiger partial charge is 0.481 e. The summed E-state index contributed by atoms with van der Waals surface area (Å²) in [5, 5.41) is 12.0. The SMILES string of the molecule is CCC(NC(=O)N1CCC(C(=O)O)CC1)c1ccc(Cl)s1. The molecule has 1 aromatic heterocycles. The van der Waals surface area contributed by atoms with Crippen LogP contribution >= 0.6 is 22.9 Å². The fourth-order valence-corrected chi connectivity index (χ4v) is 3.66. The molecule has 2 N–H and O–H groups in total. The number of nitrogens with one attached hydrogen (secondary N) is 1. The van der Waals surface area contributed by atoms with E-state index in [1.165, 1.54) is 11.3 Å². The van der Waals surface area contributed by atoms with Gasteiger partial charge in [0.15, 0.2) is 0 Å². The molecule has 0 aromatic carbocycles. The molecule has 1 unspecified atom stereocenters. The number of carbonyl (C=O) groups excluding carboxylic acids is 1. The molecule has 2 amide bonds. The van der Waals surface area contributed by atoms with E-state index in [4.69, 9.17) is 16.7 Å². The highest BCUT2D eigenvalue weighted by atomic mass is 35.5. The molecule has 1 fully saturated rings. The number of hydrogen-bond acceptors (Lipinski definition) is 3. The van der Waals surface area contributed by atoms with Crippen LogP contribution in [0, 0.1) is 5.92 Å². The van der Waals surface area contributed by atoms with Crippen molar-refractivity contribution in [2.75, 3.05) is 13.1 Å². The van der Waals surface area contributed by atoms with Crippen LogP contribution in [0.3, 0.4) is 0 Å². The maximum absolute atomic E-state index is 12.3. The zero-order chi connectivity index (χ0) is 15.4. The number of carbonyl (C=O) groups is 2. The lowest BCUT2D eigenvalue weighted by atomic mass is 9.97. The molecule has 0 radical (unpaired) electrons. The van der Waals surface area contributed by atoms with Crippen molar-refractivity contribution in [3.8, 4) is 0 Å². The number of likely N-dealkylation sites (tertiary alicyclic amines) is 1. The standard InChI is InChI=1S/C14H19ClN2O3S/c1-2-10(11-3-4-12(15)21-11)16-14(20)17-7-5-9(6-8-17)13(18)19/h3-4,9-10H,2,5-8H2,1H3,(H,16,20)(H,18,19). The van der Waals surface area contributed by atoms with Crippen LogP contribution in [0.4, 0.5) is 4.79 Å². The van der Waals surface area contributed by atoms with E-state index in [1.807, 2.05) is 19.1 Å². The summed E-state index contributed by atoms with van der Waals surface area (Å²) in [6.45, 7) is 2.99. The summed E-state index contributed by atoms with van der Waals surface area (Å²) in [7, 11) is 0. The van der Waals surface area contributed by atoms with E-state index in [9.17, 15) is 9.59 Å². The third-order valence-electron chi connectivity index (χ3n) is 3.77. The van der Waals surface area contributed by atoms with Gasteiger partial charge in [0.05, 0.1) is 16.3 Å². The zero-order valence-corrected chi connectivity index (χ0v) is 13.4. The number of amides is 2. The van der Waals surface area contributed by atoms with Crippen LogP contribution in [-0.4, -0.2) is 35.1 Å². The molecule has 1 atom stereocenters. The van der Waals surface area contributed by atoms with Crippen LogP contribution in [0.1, 0.15) is 37.1 Å². The number of carboxylic acids is 1. The number of thiophene rings is 1. The predicted octanol–water partition coefficient (Wildman–Crippen LogP) is 3.36. The lowest BCUT2D eigenvalue weighted by Crippen LogP contribution is -2.46. The Morgan fingerprint density at radius 3 is 2.62 bits per heavy atom. The fourth-order valence-electron chi connectivity index (χ4n) is 2.46. The van der Waals surface area contributed by atoms with E-state index in [-0.39, 0.29) is 18.0 Å². The van der Waals surface area contributed by atoms with E-state index in [1.54, 1.807) is 4.90 Å². The van der Waals surface area contributed by atoms with Crippen LogP contribution in [0.5, 0.6) is 0 Å². The quantitative estimate of drug-likeness (QED) is 0.889. The Bertz CT molecular complexity index is 512. The first-order valence-corrected chi connectivity index (χ1v) is 8.24. The highest BCUT2D eigenvalue weighted by Gasteiger charge is 2.28. The molecule has 1 aliphatic heterocycles. The number of carboxylic acid groups (broad SMARTS) is 1. The molecule has 2 rings (SSSR count). The lowest BCUT2D eigenvalue weighted by molar-refractivity contribution is -0.143. The van der Waals surface area contributed by atoms with E-state index < -0.39 is 5.97 Å². The Morgan fingerprint density at radius 1 is 1.48 bits per heavy atom. The molecule has 5 nitrogen and oxygen atoms in total. The number of urea groups is 1. The van der Waals surface area contributed by atoms with Gasteiger partial charge in [-0.25, -0.2) is 4.79 Å². The van der Waals surface area contributed by atoms with E-state index >= 15 is 0 Å². The summed E-state index contributed by atoms with van der Waals surface area (Å²) in [5.41, 5.74) is 0. The second kappa shape index (κ2) is 7.13. The fraction of sp³-hybridized carbons (Fsp3) is 0.571. The van der Waals surface area contributed by atoms with Gasteiger partial charge in [-0.15, -0.1) is 11.3 Å². The predicted molar refractivity (Wildman–Crippen MR) is 82.8 cm³/mol. The number of halogens is 1. The average Bonchev–Trinajstić information content (AvgIpc) is 2.91. The van der Waals surface area contributed by atoms with Gasteiger partial charge in [0.1, 0.15) is 0 Å². The van der Waals surface area contributed by atoms with Crippen molar-refractivity contribution >= 4 is 34.9 Å². The van der Waals surface area contributed by atoms with Gasteiger partial charge in [-0.2, -0.15) is 0 Å². The Morgan fingerprint density at radius 2 is 2.14 bits per heavy atom. The van der Waals surface area contributed by atoms with Gasteiger partial charge >= 0.3 is 12.0 Å². The molecule has 2 heterocycles. The van der Waals surface area contributed by atoms with E-state index in [0.717, 1.165) is 11.3 Å². The summed E-state index contributed by atoms with van der Waals surface area (Å²) in [4.78, 5) is 25.9. The molecule has 0 aliphatic carbocycles. The molecule has 1 aliphatic rings. The zero-order valence-electron chi connectivity index (χ0n) is 11.8. The number of rotatable bonds is 4. The summed E-state index contributed by atoms with van der Waals surface area (Å²) in [5.74, 6) is -1.10. The van der Waals surface area contributed by atoms with Crippen molar-refractivity contribution in [1.82, 2.24) is 10.2 Å². The molecule has 116 valence electrons.